The van der Waals surface area contributed by atoms with E-state index in [1.807, 2.05) is 6.07 Å². The zero-order valence-corrected chi connectivity index (χ0v) is 15.1. The molecule has 1 aliphatic carbocycles. The second kappa shape index (κ2) is 8.26. The topological polar surface area (TPSA) is 43.1 Å². The van der Waals surface area contributed by atoms with Crippen LogP contribution in [-0.4, -0.2) is 12.3 Å². The standard InChI is InChI=1S/C23H27NO/c1-2-3-8-22-20-9-5-4-7-17(20)11-12-18-16-19(13-14-21(18)22)23(25)10-6-15-24/h4-5,7-9,13-14,16H,2-3,6,10-12,15,24H2,1H3/b22-8-. The van der Waals surface area contributed by atoms with Gasteiger partial charge in [0, 0.05) is 12.0 Å². The highest BCUT2D eigenvalue weighted by atomic mass is 16.1. The molecule has 0 saturated heterocycles. The summed E-state index contributed by atoms with van der Waals surface area (Å²) in [6, 6.07) is 14.9. The number of Topliss-reactive ketones (excluding diaryl/α,β-unsaturated/α-hetero) is 1. The Balaban J connectivity index is 2.02. The summed E-state index contributed by atoms with van der Waals surface area (Å²) in [7, 11) is 0. The number of hydrogen-bond donors (Lipinski definition) is 1. The van der Waals surface area contributed by atoms with E-state index >= 15 is 0 Å². The molecule has 0 aromatic heterocycles. The van der Waals surface area contributed by atoms with Gasteiger partial charge in [-0.25, -0.2) is 0 Å². The largest absolute Gasteiger partial charge is 0.330 e. The summed E-state index contributed by atoms with van der Waals surface area (Å²) in [6.45, 7) is 2.77. The summed E-state index contributed by atoms with van der Waals surface area (Å²) in [5.74, 6) is 0.203. The smallest absolute Gasteiger partial charge is 0.162 e. The fraction of sp³-hybridized carbons (Fsp3) is 0.348. The molecule has 0 atom stereocenters. The summed E-state index contributed by atoms with van der Waals surface area (Å²) in [6.07, 6.45) is 7.85. The molecular formula is C23H27NO. The van der Waals surface area contributed by atoms with Gasteiger partial charge in [-0.2, -0.15) is 0 Å². The molecule has 0 amide bonds. The second-order valence-electron chi connectivity index (χ2n) is 6.75. The summed E-state index contributed by atoms with van der Waals surface area (Å²) in [5.41, 5.74) is 13.0. The Bertz CT molecular complexity index is 788. The molecule has 0 spiro atoms. The zero-order valence-electron chi connectivity index (χ0n) is 15.1. The Morgan fingerprint density at radius 1 is 1.08 bits per heavy atom. The molecule has 0 radical (unpaired) electrons. The van der Waals surface area contributed by atoms with Crippen molar-refractivity contribution in [3.05, 3.63) is 76.4 Å². The van der Waals surface area contributed by atoms with Crippen molar-refractivity contribution in [3.8, 4) is 0 Å². The summed E-state index contributed by atoms with van der Waals surface area (Å²) in [4.78, 5) is 12.4. The van der Waals surface area contributed by atoms with E-state index in [0.717, 1.165) is 37.7 Å². The highest BCUT2D eigenvalue weighted by Gasteiger charge is 2.19. The summed E-state index contributed by atoms with van der Waals surface area (Å²) >= 11 is 0. The van der Waals surface area contributed by atoms with Crippen molar-refractivity contribution in [2.75, 3.05) is 6.54 Å². The predicted octanol–water partition coefficient (Wildman–Crippen LogP) is 4.94. The van der Waals surface area contributed by atoms with Crippen molar-refractivity contribution in [2.24, 2.45) is 5.73 Å². The maximum Gasteiger partial charge on any atom is 0.162 e. The van der Waals surface area contributed by atoms with Crippen LogP contribution in [0, 0.1) is 0 Å². The average molecular weight is 333 g/mol. The van der Waals surface area contributed by atoms with E-state index in [4.69, 9.17) is 5.73 Å². The quantitative estimate of drug-likeness (QED) is 0.761. The van der Waals surface area contributed by atoms with E-state index in [2.05, 4.69) is 49.4 Å². The van der Waals surface area contributed by atoms with E-state index in [1.165, 1.54) is 27.8 Å². The van der Waals surface area contributed by atoms with Gasteiger partial charge < -0.3 is 5.73 Å². The molecule has 0 saturated carbocycles. The number of allylic oxidation sites excluding steroid dienone is 1. The van der Waals surface area contributed by atoms with Crippen LogP contribution in [0.4, 0.5) is 0 Å². The lowest BCUT2D eigenvalue weighted by Crippen LogP contribution is -2.06. The maximum absolute atomic E-state index is 12.4. The number of aryl methyl sites for hydroxylation is 2. The number of fused-ring (bicyclic) bond motifs is 2. The van der Waals surface area contributed by atoms with Crippen LogP contribution in [0.3, 0.4) is 0 Å². The van der Waals surface area contributed by atoms with Gasteiger partial charge in [0.25, 0.3) is 0 Å². The first-order valence-electron chi connectivity index (χ1n) is 9.39. The van der Waals surface area contributed by atoms with Crippen LogP contribution in [0.5, 0.6) is 0 Å². The fourth-order valence-corrected chi connectivity index (χ4v) is 3.57. The Morgan fingerprint density at radius 2 is 1.84 bits per heavy atom. The average Bonchev–Trinajstić information content (AvgIpc) is 2.80. The van der Waals surface area contributed by atoms with Gasteiger partial charge in [0.2, 0.25) is 0 Å². The van der Waals surface area contributed by atoms with Crippen LogP contribution in [0.15, 0.2) is 48.5 Å². The highest BCUT2D eigenvalue weighted by Crippen LogP contribution is 2.34. The Morgan fingerprint density at radius 3 is 2.64 bits per heavy atom. The summed E-state index contributed by atoms with van der Waals surface area (Å²) in [5, 5.41) is 0. The molecule has 0 fully saturated rings. The molecule has 3 rings (SSSR count). The molecular weight excluding hydrogens is 306 g/mol. The summed E-state index contributed by atoms with van der Waals surface area (Å²) < 4.78 is 0. The number of unbranched alkanes of at least 4 members (excludes halogenated alkanes) is 1. The number of nitrogens with two attached hydrogens (primary N) is 1. The lowest BCUT2D eigenvalue weighted by atomic mass is 9.91. The highest BCUT2D eigenvalue weighted by molar-refractivity contribution is 5.97. The molecule has 2 N–H and O–H groups in total. The first-order valence-corrected chi connectivity index (χ1v) is 9.39. The Labute approximate surface area is 150 Å². The normalized spacial score (nSPS) is 14.7. The monoisotopic (exact) mass is 333 g/mol. The van der Waals surface area contributed by atoms with Crippen LogP contribution in [-0.2, 0) is 12.8 Å². The van der Waals surface area contributed by atoms with Crippen molar-refractivity contribution in [1.29, 1.82) is 0 Å². The number of ketones is 1. The van der Waals surface area contributed by atoms with Gasteiger partial charge in [0.05, 0.1) is 0 Å². The van der Waals surface area contributed by atoms with Crippen molar-refractivity contribution < 1.29 is 4.79 Å². The molecule has 0 unspecified atom stereocenters. The van der Waals surface area contributed by atoms with E-state index in [0.29, 0.717) is 13.0 Å². The minimum absolute atomic E-state index is 0.203. The number of rotatable bonds is 6. The van der Waals surface area contributed by atoms with Gasteiger partial charge in [0.1, 0.15) is 0 Å². The van der Waals surface area contributed by atoms with Crippen molar-refractivity contribution in [2.45, 2.75) is 45.4 Å². The van der Waals surface area contributed by atoms with E-state index in [9.17, 15) is 4.79 Å². The zero-order chi connectivity index (χ0) is 17.6. The van der Waals surface area contributed by atoms with Crippen molar-refractivity contribution >= 4 is 11.4 Å². The van der Waals surface area contributed by atoms with E-state index in [1.54, 1.807) is 0 Å². The molecule has 2 heteroatoms. The number of hydrogen-bond acceptors (Lipinski definition) is 2. The molecule has 25 heavy (non-hydrogen) atoms. The van der Waals surface area contributed by atoms with Crippen molar-refractivity contribution in [3.63, 3.8) is 0 Å². The van der Waals surface area contributed by atoms with Gasteiger partial charge in [-0.15, -0.1) is 0 Å². The van der Waals surface area contributed by atoms with Crippen LogP contribution >= 0.6 is 0 Å². The van der Waals surface area contributed by atoms with E-state index < -0.39 is 0 Å². The predicted molar refractivity (Wildman–Crippen MR) is 105 cm³/mol. The molecule has 2 nitrogen and oxygen atoms in total. The van der Waals surface area contributed by atoms with Gasteiger partial charge >= 0.3 is 0 Å². The van der Waals surface area contributed by atoms with Crippen molar-refractivity contribution in [1.82, 2.24) is 0 Å². The molecule has 0 bridgehead atoms. The van der Waals surface area contributed by atoms with Crippen LogP contribution in [0.2, 0.25) is 0 Å². The molecule has 0 aliphatic heterocycles. The SMILES string of the molecule is CCC/C=C1/c2ccccc2CCc2cc(C(=O)CCCN)ccc21. The van der Waals surface area contributed by atoms with Gasteiger partial charge in [0.15, 0.2) is 5.78 Å². The Hall–Kier alpha value is -2.19. The van der Waals surface area contributed by atoms with Gasteiger partial charge in [-0.05, 0) is 66.1 Å². The lowest BCUT2D eigenvalue weighted by Gasteiger charge is -2.13. The first-order chi connectivity index (χ1) is 12.2. The van der Waals surface area contributed by atoms with Gasteiger partial charge in [-0.1, -0.05) is 55.8 Å². The van der Waals surface area contributed by atoms with Crippen LogP contribution in [0.1, 0.15) is 65.2 Å². The fourth-order valence-electron chi connectivity index (χ4n) is 3.57. The second-order valence-corrected chi connectivity index (χ2v) is 6.75. The maximum atomic E-state index is 12.4. The third kappa shape index (κ3) is 3.91. The van der Waals surface area contributed by atoms with Crippen LogP contribution in [0.25, 0.3) is 5.57 Å². The number of carbonyl (C=O) groups excluding carboxylic acids is 1. The minimum atomic E-state index is 0.203. The molecule has 2 aromatic rings. The third-order valence-corrected chi connectivity index (χ3v) is 4.93. The number of benzene rings is 2. The molecule has 1 aliphatic rings. The third-order valence-electron chi connectivity index (χ3n) is 4.93. The number of carbonyl (C=O) groups is 1. The van der Waals surface area contributed by atoms with E-state index in [-0.39, 0.29) is 5.78 Å². The van der Waals surface area contributed by atoms with Gasteiger partial charge in [-0.3, -0.25) is 4.79 Å². The lowest BCUT2D eigenvalue weighted by molar-refractivity contribution is 0.0980. The van der Waals surface area contributed by atoms with Crippen LogP contribution < -0.4 is 5.73 Å². The molecule has 0 heterocycles. The molecule has 2 aromatic carbocycles. The minimum Gasteiger partial charge on any atom is -0.330 e. The first kappa shape index (κ1) is 17.6. The molecule has 130 valence electrons. The Kier molecular flexibility index (Phi) is 5.83.